The predicted molar refractivity (Wildman–Crippen MR) is 54.8 cm³/mol. The molecule has 0 unspecified atom stereocenters. The molecule has 0 aliphatic rings. The molecule has 4 heteroatoms. The standard InChI is InChI=1S/C10H12N3O/c11-9(6-14)5-7-1-3-8(4-2-7)10(12)13/h1-4,9H,5,11H2,(H3,12,13)/t9-/m1/s1. The van der Waals surface area contributed by atoms with Crippen molar-refractivity contribution in [2.75, 3.05) is 0 Å². The third-order valence-electron chi connectivity index (χ3n) is 1.87. The Morgan fingerprint density at radius 3 is 2.43 bits per heavy atom. The Morgan fingerprint density at radius 1 is 1.43 bits per heavy atom. The topological polar surface area (TPSA) is 93.0 Å². The smallest absolute Gasteiger partial charge is 0.217 e. The zero-order valence-corrected chi connectivity index (χ0v) is 7.66. The van der Waals surface area contributed by atoms with Crippen molar-refractivity contribution in [1.29, 1.82) is 5.41 Å². The summed E-state index contributed by atoms with van der Waals surface area (Å²) in [5.74, 6) is 0.0304. The zero-order valence-electron chi connectivity index (χ0n) is 7.66. The summed E-state index contributed by atoms with van der Waals surface area (Å²) in [6.07, 6.45) is 2.17. The van der Waals surface area contributed by atoms with E-state index in [0.717, 1.165) is 5.56 Å². The van der Waals surface area contributed by atoms with Gasteiger partial charge in [0.25, 0.3) is 0 Å². The molecule has 0 bridgehead atoms. The molecule has 0 aliphatic carbocycles. The fourth-order valence-corrected chi connectivity index (χ4v) is 1.12. The van der Waals surface area contributed by atoms with Crippen LogP contribution in [0.5, 0.6) is 0 Å². The Hall–Kier alpha value is -1.68. The molecule has 1 atom stereocenters. The predicted octanol–water partition coefficient (Wildman–Crippen LogP) is -0.0498. The fourth-order valence-electron chi connectivity index (χ4n) is 1.12. The molecule has 1 radical (unpaired) electrons. The van der Waals surface area contributed by atoms with Crippen molar-refractivity contribution in [1.82, 2.24) is 0 Å². The minimum absolute atomic E-state index is 0.0304. The maximum atomic E-state index is 10.2. The molecule has 0 heterocycles. The van der Waals surface area contributed by atoms with Crippen LogP contribution in [0.2, 0.25) is 0 Å². The van der Waals surface area contributed by atoms with Gasteiger partial charge in [-0.2, -0.15) is 0 Å². The summed E-state index contributed by atoms with van der Waals surface area (Å²) in [6.45, 7) is 0. The molecule has 0 fully saturated rings. The van der Waals surface area contributed by atoms with Crippen LogP contribution < -0.4 is 11.5 Å². The minimum Gasteiger partial charge on any atom is -0.384 e. The van der Waals surface area contributed by atoms with Crippen LogP contribution in [-0.4, -0.2) is 18.2 Å². The monoisotopic (exact) mass is 190 g/mol. The van der Waals surface area contributed by atoms with Gasteiger partial charge in [-0.1, -0.05) is 24.3 Å². The number of nitrogens with two attached hydrogens (primary N) is 2. The van der Waals surface area contributed by atoms with Gasteiger partial charge in [-0.3, -0.25) is 10.2 Å². The van der Waals surface area contributed by atoms with E-state index in [9.17, 15) is 4.79 Å². The van der Waals surface area contributed by atoms with Crippen LogP contribution in [0.15, 0.2) is 24.3 Å². The average Bonchev–Trinajstić information content (AvgIpc) is 2.18. The number of nitrogens with one attached hydrogen (secondary N) is 1. The third kappa shape index (κ3) is 2.67. The Morgan fingerprint density at radius 2 is 2.00 bits per heavy atom. The molecule has 5 N–H and O–H groups in total. The first-order valence-corrected chi connectivity index (χ1v) is 4.20. The van der Waals surface area contributed by atoms with Crippen molar-refractivity contribution in [2.24, 2.45) is 11.5 Å². The fraction of sp³-hybridized carbons (Fsp3) is 0.200. The normalized spacial score (nSPS) is 12.1. The van der Waals surface area contributed by atoms with E-state index in [-0.39, 0.29) is 5.84 Å². The average molecular weight is 190 g/mol. The van der Waals surface area contributed by atoms with Gasteiger partial charge in [0.15, 0.2) is 0 Å². The van der Waals surface area contributed by atoms with E-state index < -0.39 is 6.04 Å². The van der Waals surface area contributed by atoms with E-state index >= 15 is 0 Å². The number of benzene rings is 1. The Balaban J connectivity index is 2.73. The van der Waals surface area contributed by atoms with E-state index in [0.29, 0.717) is 12.0 Å². The highest BCUT2D eigenvalue weighted by Crippen LogP contribution is 2.05. The van der Waals surface area contributed by atoms with Crippen LogP contribution in [0, 0.1) is 5.41 Å². The third-order valence-corrected chi connectivity index (χ3v) is 1.87. The maximum Gasteiger partial charge on any atom is 0.217 e. The lowest BCUT2D eigenvalue weighted by Crippen LogP contribution is -2.24. The first-order valence-electron chi connectivity index (χ1n) is 4.20. The summed E-state index contributed by atoms with van der Waals surface area (Å²) in [5.41, 5.74) is 12.3. The second-order valence-electron chi connectivity index (χ2n) is 3.04. The summed E-state index contributed by atoms with van der Waals surface area (Å²) in [6, 6.07) is 6.48. The van der Waals surface area contributed by atoms with Crippen molar-refractivity contribution < 1.29 is 4.79 Å². The van der Waals surface area contributed by atoms with Crippen molar-refractivity contribution >= 4 is 12.1 Å². The molecule has 0 amide bonds. The second kappa shape index (κ2) is 4.53. The van der Waals surface area contributed by atoms with Gasteiger partial charge in [-0.05, 0) is 12.0 Å². The molecule has 14 heavy (non-hydrogen) atoms. The molecular formula is C10H12N3O. The van der Waals surface area contributed by atoms with E-state index in [1.807, 2.05) is 0 Å². The lowest BCUT2D eigenvalue weighted by atomic mass is 10.1. The van der Waals surface area contributed by atoms with Gasteiger partial charge in [-0.25, -0.2) is 0 Å². The van der Waals surface area contributed by atoms with Crippen LogP contribution in [0.3, 0.4) is 0 Å². The molecule has 0 spiro atoms. The van der Waals surface area contributed by atoms with Crippen molar-refractivity contribution in [2.45, 2.75) is 12.5 Å². The van der Waals surface area contributed by atoms with Gasteiger partial charge in [0.1, 0.15) is 5.84 Å². The first kappa shape index (κ1) is 10.4. The van der Waals surface area contributed by atoms with Gasteiger partial charge in [-0.15, -0.1) is 0 Å². The van der Waals surface area contributed by atoms with E-state index in [2.05, 4.69) is 0 Å². The highest BCUT2D eigenvalue weighted by atomic mass is 16.1. The van der Waals surface area contributed by atoms with E-state index in [1.54, 1.807) is 30.6 Å². The zero-order chi connectivity index (χ0) is 10.6. The number of rotatable bonds is 4. The molecule has 4 nitrogen and oxygen atoms in total. The van der Waals surface area contributed by atoms with Gasteiger partial charge >= 0.3 is 0 Å². The van der Waals surface area contributed by atoms with Crippen molar-refractivity contribution in [3.8, 4) is 0 Å². The largest absolute Gasteiger partial charge is 0.384 e. The number of hydrogen-bond acceptors (Lipinski definition) is 3. The Labute approximate surface area is 82.4 Å². The molecule has 73 valence electrons. The number of amidine groups is 1. The quantitative estimate of drug-likeness (QED) is 0.459. The first-order chi connectivity index (χ1) is 6.63. The molecule has 1 aromatic rings. The Kier molecular flexibility index (Phi) is 3.36. The van der Waals surface area contributed by atoms with Crippen molar-refractivity contribution in [3.05, 3.63) is 35.4 Å². The van der Waals surface area contributed by atoms with Crippen LogP contribution in [0.4, 0.5) is 0 Å². The molecule has 0 saturated heterocycles. The van der Waals surface area contributed by atoms with E-state index in [4.69, 9.17) is 16.9 Å². The number of carbonyl (C=O) groups excluding carboxylic acids is 1. The molecule has 1 rings (SSSR count). The van der Waals surface area contributed by atoms with Crippen LogP contribution in [0.1, 0.15) is 11.1 Å². The number of hydrogen-bond donors (Lipinski definition) is 3. The van der Waals surface area contributed by atoms with Crippen LogP contribution >= 0.6 is 0 Å². The summed E-state index contributed by atoms with van der Waals surface area (Å²) in [7, 11) is 0. The molecule has 0 aliphatic heterocycles. The maximum absolute atomic E-state index is 10.2. The van der Waals surface area contributed by atoms with Crippen LogP contribution in [0.25, 0.3) is 0 Å². The van der Waals surface area contributed by atoms with Crippen LogP contribution in [-0.2, 0) is 11.2 Å². The van der Waals surface area contributed by atoms with E-state index in [1.165, 1.54) is 0 Å². The highest BCUT2D eigenvalue weighted by molar-refractivity contribution is 5.94. The van der Waals surface area contributed by atoms with Gasteiger partial charge < -0.3 is 11.5 Å². The van der Waals surface area contributed by atoms with Gasteiger partial charge in [0, 0.05) is 5.56 Å². The lowest BCUT2D eigenvalue weighted by molar-refractivity contribution is 0.541. The van der Waals surface area contributed by atoms with Gasteiger partial charge in [0.05, 0.1) is 6.04 Å². The lowest BCUT2D eigenvalue weighted by Gasteiger charge is -2.04. The Bertz CT molecular complexity index is 332. The summed E-state index contributed by atoms with van der Waals surface area (Å²) in [4.78, 5) is 10.2. The minimum atomic E-state index is -0.585. The summed E-state index contributed by atoms with van der Waals surface area (Å²) < 4.78 is 0. The molecule has 1 aromatic carbocycles. The molecular weight excluding hydrogens is 178 g/mol. The highest BCUT2D eigenvalue weighted by Gasteiger charge is 2.03. The number of nitrogen functional groups attached to an aromatic ring is 1. The summed E-state index contributed by atoms with van der Waals surface area (Å²) in [5, 5.41) is 7.17. The SMILES string of the molecule is N=C(N)c1ccc(C[C@@H](N)[C]=O)cc1. The second-order valence-corrected chi connectivity index (χ2v) is 3.04. The molecule has 0 aromatic heterocycles. The molecule has 0 saturated carbocycles. The van der Waals surface area contributed by atoms with Gasteiger partial charge in [0.2, 0.25) is 6.29 Å². The summed E-state index contributed by atoms with van der Waals surface area (Å²) >= 11 is 0. The van der Waals surface area contributed by atoms with Crippen molar-refractivity contribution in [3.63, 3.8) is 0 Å².